The van der Waals surface area contributed by atoms with Crippen molar-refractivity contribution in [3.63, 3.8) is 0 Å². The van der Waals surface area contributed by atoms with Crippen LogP contribution < -0.4 is 0 Å². The van der Waals surface area contributed by atoms with Crippen LogP contribution in [-0.4, -0.2) is 6.61 Å². The van der Waals surface area contributed by atoms with Gasteiger partial charge >= 0.3 is 0 Å². The summed E-state index contributed by atoms with van der Waals surface area (Å²) in [6.07, 6.45) is 0.859. The molecule has 13 heavy (non-hydrogen) atoms. The van der Waals surface area contributed by atoms with Gasteiger partial charge in [-0.25, -0.2) is 0 Å². The van der Waals surface area contributed by atoms with Crippen LogP contribution >= 0.6 is 27.3 Å². The molecule has 68 valence electrons. The lowest BCUT2D eigenvalue weighted by Gasteiger charge is -2.09. The molecule has 0 saturated carbocycles. The molecule has 2 rings (SSSR count). The summed E-state index contributed by atoms with van der Waals surface area (Å²) in [5.74, 6) is 0.0329. The molecule has 0 amide bonds. The van der Waals surface area contributed by atoms with Crippen molar-refractivity contribution in [2.24, 2.45) is 5.92 Å². The third-order valence-corrected chi connectivity index (χ3v) is 3.88. The maximum absolute atomic E-state index is 8.87. The quantitative estimate of drug-likeness (QED) is 0.775. The van der Waals surface area contributed by atoms with Crippen LogP contribution in [0.3, 0.4) is 0 Å². The highest BCUT2D eigenvalue weighted by molar-refractivity contribution is 9.10. The number of rotatable bonds is 1. The lowest BCUT2D eigenvalue weighted by Crippen LogP contribution is -2.02. The summed E-state index contributed by atoms with van der Waals surface area (Å²) in [5.41, 5.74) is 0. The fraction of sp³-hybridized carbons (Fsp3) is 0.444. The van der Waals surface area contributed by atoms with Crippen molar-refractivity contribution >= 4 is 27.3 Å². The molecule has 1 aromatic rings. The first-order valence-electron chi connectivity index (χ1n) is 4.06. The van der Waals surface area contributed by atoms with E-state index in [0.717, 1.165) is 15.8 Å². The van der Waals surface area contributed by atoms with Gasteiger partial charge in [-0.15, -0.1) is 11.3 Å². The van der Waals surface area contributed by atoms with E-state index in [0.29, 0.717) is 6.61 Å². The molecule has 4 heteroatoms. The summed E-state index contributed by atoms with van der Waals surface area (Å²) in [7, 11) is 0. The molecule has 2 nitrogen and oxygen atoms in total. The Balaban J connectivity index is 2.21. The van der Waals surface area contributed by atoms with Gasteiger partial charge in [0.2, 0.25) is 0 Å². The standard InChI is InChI=1S/C9H8BrNOS/c10-7-3-8(13-5-7)9-6(4-11)1-2-12-9/h3,5-6,9H,1-2H2/t6-,9+/m0/s1. The van der Waals surface area contributed by atoms with E-state index in [4.69, 9.17) is 10.00 Å². The van der Waals surface area contributed by atoms with Gasteiger partial charge in [-0.3, -0.25) is 0 Å². The van der Waals surface area contributed by atoms with Gasteiger partial charge in [0, 0.05) is 21.3 Å². The number of nitriles is 1. The third kappa shape index (κ3) is 1.78. The second-order valence-corrected chi connectivity index (χ2v) is 4.84. The van der Waals surface area contributed by atoms with Crippen molar-refractivity contribution in [3.8, 4) is 6.07 Å². The lowest BCUT2D eigenvalue weighted by molar-refractivity contribution is 0.103. The SMILES string of the molecule is N#C[C@@H]1CCO[C@H]1c1cc(Br)cs1. The summed E-state index contributed by atoms with van der Waals surface area (Å²) in [6, 6.07) is 4.32. The van der Waals surface area contributed by atoms with Crippen LogP contribution in [0.1, 0.15) is 17.4 Å². The van der Waals surface area contributed by atoms with Crippen LogP contribution in [0.15, 0.2) is 15.9 Å². The Morgan fingerprint density at radius 1 is 1.69 bits per heavy atom. The number of halogens is 1. The highest BCUT2D eigenvalue weighted by Crippen LogP contribution is 2.38. The Morgan fingerprint density at radius 3 is 3.15 bits per heavy atom. The summed E-state index contributed by atoms with van der Waals surface area (Å²) < 4.78 is 6.59. The van der Waals surface area contributed by atoms with Gasteiger partial charge in [0.05, 0.1) is 12.0 Å². The summed E-state index contributed by atoms with van der Waals surface area (Å²) in [6.45, 7) is 0.707. The number of ether oxygens (including phenoxy) is 1. The van der Waals surface area contributed by atoms with Gasteiger partial charge < -0.3 is 4.74 Å². The molecule has 0 radical (unpaired) electrons. The largest absolute Gasteiger partial charge is 0.371 e. The molecule has 1 aliphatic heterocycles. The van der Waals surface area contributed by atoms with Crippen molar-refractivity contribution in [3.05, 3.63) is 20.8 Å². The summed E-state index contributed by atoms with van der Waals surface area (Å²) in [4.78, 5) is 1.15. The molecule has 1 saturated heterocycles. The minimum absolute atomic E-state index is 0.00120. The van der Waals surface area contributed by atoms with Crippen LogP contribution in [-0.2, 0) is 4.74 Å². The predicted molar refractivity (Wildman–Crippen MR) is 54.4 cm³/mol. The maximum atomic E-state index is 8.87. The van der Waals surface area contributed by atoms with Crippen molar-refractivity contribution in [2.45, 2.75) is 12.5 Å². The molecule has 0 N–H and O–H groups in total. The minimum Gasteiger partial charge on any atom is -0.371 e. The fourth-order valence-electron chi connectivity index (χ4n) is 1.48. The average Bonchev–Trinajstić information content (AvgIpc) is 2.71. The van der Waals surface area contributed by atoms with Crippen molar-refractivity contribution in [1.29, 1.82) is 5.26 Å². The molecule has 1 aromatic heterocycles. The second-order valence-electron chi connectivity index (χ2n) is 2.98. The number of hydrogen-bond donors (Lipinski definition) is 0. The average molecular weight is 258 g/mol. The molecule has 0 aromatic carbocycles. The topological polar surface area (TPSA) is 33.0 Å². The van der Waals surface area contributed by atoms with Crippen molar-refractivity contribution in [2.75, 3.05) is 6.61 Å². The molecule has 2 heterocycles. The predicted octanol–water partition coefficient (Wildman–Crippen LogP) is 3.11. The Labute approximate surface area is 89.3 Å². The molecule has 1 fully saturated rings. The van der Waals surface area contributed by atoms with Gasteiger partial charge in [-0.2, -0.15) is 5.26 Å². The number of nitrogens with zero attached hydrogens (tertiary/aromatic N) is 1. The highest BCUT2D eigenvalue weighted by atomic mass is 79.9. The van der Waals surface area contributed by atoms with Crippen LogP contribution in [0.4, 0.5) is 0 Å². The van der Waals surface area contributed by atoms with E-state index >= 15 is 0 Å². The lowest BCUT2D eigenvalue weighted by atomic mass is 10.0. The highest BCUT2D eigenvalue weighted by Gasteiger charge is 2.30. The Hall–Kier alpha value is -0.370. The first kappa shape index (κ1) is 9.20. The van der Waals surface area contributed by atoms with Crippen LogP contribution in [0, 0.1) is 17.2 Å². The van der Waals surface area contributed by atoms with Crippen LogP contribution in [0.2, 0.25) is 0 Å². The fourth-order valence-corrected chi connectivity index (χ4v) is 3.04. The molecule has 0 unspecified atom stereocenters. The van der Waals surface area contributed by atoms with E-state index in [2.05, 4.69) is 22.0 Å². The minimum atomic E-state index is 0.00120. The van der Waals surface area contributed by atoms with E-state index in [1.807, 2.05) is 11.4 Å². The third-order valence-electron chi connectivity index (χ3n) is 2.13. The monoisotopic (exact) mass is 257 g/mol. The molecule has 2 atom stereocenters. The van der Waals surface area contributed by atoms with E-state index in [1.54, 1.807) is 11.3 Å². The maximum Gasteiger partial charge on any atom is 0.108 e. The second kappa shape index (κ2) is 3.79. The van der Waals surface area contributed by atoms with Gasteiger partial charge in [0.25, 0.3) is 0 Å². The van der Waals surface area contributed by atoms with E-state index < -0.39 is 0 Å². The molecular formula is C9H8BrNOS. The molecule has 0 aliphatic carbocycles. The van der Waals surface area contributed by atoms with Crippen molar-refractivity contribution in [1.82, 2.24) is 0 Å². The smallest absolute Gasteiger partial charge is 0.108 e. The summed E-state index contributed by atoms with van der Waals surface area (Å²) >= 11 is 5.04. The zero-order valence-electron chi connectivity index (χ0n) is 6.87. The normalized spacial score (nSPS) is 27.4. The van der Waals surface area contributed by atoms with Gasteiger partial charge in [-0.1, -0.05) is 0 Å². The van der Waals surface area contributed by atoms with Gasteiger partial charge in [0.1, 0.15) is 6.10 Å². The number of hydrogen-bond acceptors (Lipinski definition) is 3. The summed E-state index contributed by atoms with van der Waals surface area (Å²) in [5, 5.41) is 10.9. The molecular weight excluding hydrogens is 250 g/mol. The Kier molecular flexibility index (Phi) is 2.68. The van der Waals surface area contributed by atoms with E-state index in [1.165, 1.54) is 0 Å². The van der Waals surface area contributed by atoms with E-state index in [9.17, 15) is 0 Å². The molecule has 1 aliphatic rings. The first-order valence-corrected chi connectivity index (χ1v) is 5.73. The van der Waals surface area contributed by atoms with E-state index in [-0.39, 0.29) is 12.0 Å². The van der Waals surface area contributed by atoms with Gasteiger partial charge in [-0.05, 0) is 28.4 Å². The zero-order valence-corrected chi connectivity index (χ0v) is 9.27. The number of thiophene rings is 1. The van der Waals surface area contributed by atoms with Crippen LogP contribution in [0.25, 0.3) is 0 Å². The Bertz CT molecular complexity index is 344. The van der Waals surface area contributed by atoms with Gasteiger partial charge in [0.15, 0.2) is 0 Å². The zero-order chi connectivity index (χ0) is 9.26. The molecule has 0 spiro atoms. The first-order chi connectivity index (χ1) is 6.31. The Morgan fingerprint density at radius 2 is 2.54 bits per heavy atom. The van der Waals surface area contributed by atoms with Crippen LogP contribution in [0.5, 0.6) is 0 Å². The van der Waals surface area contributed by atoms with Crippen molar-refractivity contribution < 1.29 is 4.74 Å². The molecule has 0 bridgehead atoms.